The first-order chi connectivity index (χ1) is 13.7. The Kier molecular flexibility index (Phi) is 8.07. The van der Waals surface area contributed by atoms with Crippen molar-refractivity contribution in [3.05, 3.63) is 52.5 Å². The summed E-state index contributed by atoms with van der Waals surface area (Å²) < 4.78 is 33.1. The van der Waals surface area contributed by atoms with Crippen LogP contribution < -0.4 is 14.8 Å². The molecule has 1 atom stereocenters. The molecule has 8 heteroatoms. The first-order valence-corrected chi connectivity index (χ1v) is 11.5. The highest BCUT2D eigenvalue weighted by Crippen LogP contribution is 2.27. The average Bonchev–Trinajstić information content (AvgIpc) is 2.69. The number of rotatable bonds is 9. The highest BCUT2D eigenvalue weighted by molar-refractivity contribution is 7.89. The molecule has 2 N–H and O–H groups in total. The zero-order valence-corrected chi connectivity index (χ0v) is 18.7. The van der Waals surface area contributed by atoms with E-state index in [1.807, 2.05) is 39.0 Å². The van der Waals surface area contributed by atoms with Crippen molar-refractivity contribution in [3.63, 3.8) is 0 Å². The lowest BCUT2D eigenvalue weighted by Gasteiger charge is -2.18. The molecule has 158 valence electrons. The molecule has 0 aliphatic rings. The second-order valence-electron chi connectivity index (χ2n) is 6.52. The molecule has 6 nitrogen and oxygen atoms in total. The van der Waals surface area contributed by atoms with Crippen LogP contribution in [0.4, 0.5) is 5.69 Å². The number of halogens is 1. The fourth-order valence-corrected chi connectivity index (χ4v) is 4.44. The summed E-state index contributed by atoms with van der Waals surface area (Å²) in [5, 5.41) is 3.07. The normalized spacial score (nSPS) is 12.4. The van der Waals surface area contributed by atoms with E-state index in [2.05, 4.69) is 10.0 Å². The maximum atomic E-state index is 12.7. The number of carbonyl (C=O) groups excluding carboxylic acids is 1. The smallest absolute Gasteiger partial charge is 0.242 e. The summed E-state index contributed by atoms with van der Waals surface area (Å²) in [7, 11) is -3.93. The quantitative estimate of drug-likeness (QED) is 0.615. The van der Waals surface area contributed by atoms with E-state index in [-0.39, 0.29) is 9.92 Å². The molecule has 0 bridgehead atoms. The van der Waals surface area contributed by atoms with Crippen LogP contribution in [0.3, 0.4) is 0 Å². The topological polar surface area (TPSA) is 84.5 Å². The molecule has 0 aliphatic carbocycles. The molecule has 2 rings (SSSR count). The molecule has 0 heterocycles. The minimum atomic E-state index is -3.93. The maximum absolute atomic E-state index is 12.7. The van der Waals surface area contributed by atoms with E-state index >= 15 is 0 Å². The molecule has 0 aromatic heterocycles. The second-order valence-corrected chi connectivity index (χ2v) is 8.64. The number of nitrogens with one attached hydrogen (secondary N) is 2. The number of carbonyl (C=O) groups is 1. The second kappa shape index (κ2) is 10.1. The highest BCUT2D eigenvalue weighted by atomic mass is 35.5. The van der Waals surface area contributed by atoms with Gasteiger partial charge in [0.1, 0.15) is 5.75 Å². The zero-order chi connectivity index (χ0) is 21.6. The molecule has 0 saturated heterocycles. The van der Waals surface area contributed by atoms with Crippen molar-refractivity contribution in [2.45, 2.75) is 51.5 Å². The van der Waals surface area contributed by atoms with Crippen LogP contribution in [0.2, 0.25) is 5.02 Å². The highest BCUT2D eigenvalue weighted by Gasteiger charge is 2.24. The largest absolute Gasteiger partial charge is 0.492 e. The lowest BCUT2D eigenvalue weighted by atomic mass is 10.0. The third kappa shape index (κ3) is 5.72. The molecule has 0 aliphatic heterocycles. The summed E-state index contributed by atoms with van der Waals surface area (Å²) >= 11 is 6.09. The molecule has 0 unspecified atom stereocenters. The van der Waals surface area contributed by atoms with Gasteiger partial charge in [-0.25, -0.2) is 8.42 Å². The molecule has 0 spiro atoms. The number of hydrogen-bond acceptors (Lipinski definition) is 4. The van der Waals surface area contributed by atoms with Crippen molar-refractivity contribution in [1.82, 2.24) is 4.72 Å². The van der Waals surface area contributed by atoms with Gasteiger partial charge in [0, 0.05) is 5.69 Å². The van der Waals surface area contributed by atoms with Gasteiger partial charge in [-0.15, -0.1) is 0 Å². The lowest BCUT2D eigenvalue weighted by Crippen LogP contribution is -2.41. The Morgan fingerprint density at radius 2 is 1.72 bits per heavy atom. The number of anilines is 1. The van der Waals surface area contributed by atoms with Crippen LogP contribution in [0.5, 0.6) is 5.75 Å². The summed E-state index contributed by atoms with van der Waals surface area (Å²) in [5.41, 5.74) is 2.76. The number of hydrogen-bond donors (Lipinski definition) is 2. The first-order valence-electron chi connectivity index (χ1n) is 9.59. The van der Waals surface area contributed by atoms with E-state index in [4.69, 9.17) is 16.3 Å². The van der Waals surface area contributed by atoms with Gasteiger partial charge in [0.05, 0.1) is 22.6 Å². The van der Waals surface area contributed by atoms with Crippen molar-refractivity contribution in [1.29, 1.82) is 0 Å². The minimum Gasteiger partial charge on any atom is -0.492 e. The van der Waals surface area contributed by atoms with E-state index < -0.39 is 22.0 Å². The van der Waals surface area contributed by atoms with Crippen molar-refractivity contribution in [3.8, 4) is 5.75 Å². The molecule has 29 heavy (non-hydrogen) atoms. The molecule has 0 saturated carbocycles. The fourth-order valence-electron chi connectivity index (χ4n) is 2.91. The van der Waals surface area contributed by atoms with Crippen LogP contribution in [0.25, 0.3) is 0 Å². The van der Waals surface area contributed by atoms with Gasteiger partial charge in [-0.1, -0.05) is 43.6 Å². The SMILES string of the molecule is CCOc1ccc(S(=O)(=O)N[C@H](C)C(=O)Nc2c(CC)cccc2CC)cc1Cl. The van der Waals surface area contributed by atoms with Gasteiger partial charge in [0.2, 0.25) is 15.9 Å². The predicted octanol–water partition coefficient (Wildman–Crippen LogP) is 4.17. The van der Waals surface area contributed by atoms with E-state index in [9.17, 15) is 13.2 Å². The Hall–Kier alpha value is -2.09. The van der Waals surface area contributed by atoms with Gasteiger partial charge in [-0.05, 0) is 56.0 Å². The monoisotopic (exact) mass is 438 g/mol. The Bertz CT molecular complexity index is 954. The fraction of sp³-hybridized carbons (Fsp3) is 0.381. The van der Waals surface area contributed by atoms with Crippen molar-refractivity contribution >= 4 is 33.2 Å². The predicted molar refractivity (Wildman–Crippen MR) is 116 cm³/mol. The average molecular weight is 439 g/mol. The van der Waals surface area contributed by atoms with Gasteiger partial charge in [0.25, 0.3) is 0 Å². The molecular weight excluding hydrogens is 412 g/mol. The van der Waals surface area contributed by atoms with Crippen molar-refractivity contribution in [2.24, 2.45) is 0 Å². The Labute approximate surface area is 177 Å². The summed E-state index contributed by atoms with van der Waals surface area (Å²) in [6.07, 6.45) is 1.52. The molecule has 0 fully saturated rings. The number of amides is 1. The Morgan fingerprint density at radius 1 is 1.10 bits per heavy atom. The van der Waals surface area contributed by atoms with Crippen molar-refractivity contribution in [2.75, 3.05) is 11.9 Å². The van der Waals surface area contributed by atoms with E-state index in [0.29, 0.717) is 12.4 Å². The number of ether oxygens (including phenoxy) is 1. The Morgan fingerprint density at radius 3 is 2.24 bits per heavy atom. The van der Waals surface area contributed by atoms with E-state index in [1.165, 1.54) is 25.1 Å². The minimum absolute atomic E-state index is 0.0335. The third-order valence-electron chi connectivity index (χ3n) is 4.49. The first kappa shape index (κ1) is 23.2. The molecule has 2 aromatic carbocycles. The van der Waals surface area contributed by atoms with Gasteiger partial charge >= 0.3 is 0 Å². The standard InChI is InChI=1S/C21H27ClN2O4S/c1-5-15-9-8-10-16(6-2)20(15)23-21(25)14(4)24-29(26,27)17-11-12-19(28-7-3)18(22)13-17/h8-14,24H,5-7H2,1-4H3,(H,23,25)/t14-/m1/s1. The number of benzene rings is 2. The molecule has 1 amide bonds. The van der Waals surface area contributed by atoms with Gasteiger partial charge in [-0.2, -0.15) is 4.72 Å². The number of aryl methyl sites for hydroxylation is 2. The summed E-state index contributed by atoms with van der Waals surface area (Å²) in [6, 6.07) is 9.08. The van der Waals surface area contributed by atoms with E-state index in [0.717, 1.165) is 29.7 Å². The van der Waals surface area contributed by atoms with Gasteiger partial charge in [0.15, 0.2) is 0 Å². The molecule has 0 radical (unpaired) electrons. The van der Waals surface area contributed by atoms with Gasteiger partial charge in [-0.3, -0.25) is 4.79 Å². The molecule has 2 aromatic rings. The third-order valence-corrected chi connectivity index (χ3v) is 6.32. The van der Waals surface area contributed by atoms with Gasteiger partial charge < -0.3 is 10.1 Å². The van der Waals surface area contributed by atoms with Crippen LogP contribution in [-0.2, 0) is 27.7 Å². The maximum Gasteiger partial charge on any atom is 0.242 e. The van der Waals surface area contributed by atoms with E-state index in [1.54, 1.807) is 0 Å². The van der Waals surface area contributed by atoms with Crippen LogP contribution in [0.1, 0.15) is 38.8 Å². The van der Waals surface area contributed by atoms with Crippen LogP contribution in [0, 0.1) is 0 Å². The number of sulfonamides is 1. The van der Waals surface area contributed by atoms with Crippen molar-refractivity contribution < 1.29 is 17.9 Å². The summed E-state index contributed by atoms with van der Waals surface area (Å²) in [6.45, 7) is 7.74. The molecular formula is C21H27ClN2O4S. The van der Waals surface area contributed by atoms with Crippen LogP contribution in [0.15, 0.2) is 41.3 Å². The number of para-hydroxylation sites is 1. The van der Waals surface area contributed by atoms with Crippen LogP contribution in [-0.4, -0.2) is 27.0 Å². The Balaban J connectivity index is 2.18. The lowest BCUT2D eigenvalue weighted by molar-refractivity contribution is -0.117. The van der Waals surface area contributed by atoms with Crippen LogP contribution >= 0.6 is 11.6 Å². The summed E-state index contributed by atoms with van der Waals surface area (Å²) in [5.74, 6) is -0.0246. The summed E-state index contributed by atoms with van der Waals surface area (Å²) in [4.78, 5) is 12.6. The zero-order valence-electron chi connectivity index (χ0n) is 17.1.